The molecule has 2 rings (SSSR count). The Balaban J connectivity index is 2.03. The summed E-state index contributed by atoms with van der Waals surface area (Å²) in [6, 6.07) is 6.87. The second-order valence-electron chi connectivity index (χ2n) is 4.31. The Morgan fingerprint density at radius 1 is 1.30 bits per heavy atom. The fourth-order valence-electron chi connectivity index (χ4n) is 1.70. The highest BCUT2D eigenvalue weighted by atomic mass is 32.1. The summed E-state index contributed by atoms with van der Waals surface area (Å²) in [5.41, 5.74) is 6.62. The van der Waals surface area contributed by atoms with Crippen molar-refractivity contribution in [2.45, 2.75) is 6.54 Å². The van der Waals surface area contributed by atoms with Gasteiger partial charge in [0.2, 0.25) is 5.91 Å². The Morgan fingerprint density at radius 3 is 2.45 bits per heavy atom. The lowest BCUT2D eigenvalue weighted by atomic mass is 10.2. The maximum atomic E-state index is 11.8. The number of hydrogen-bond acceptors (Lipinski definition) is 3. The van der Waals surface area contributed by atoms with Crippen LogP contribution in [-0.2, 0) is 18.4 Å². The van der Waals surface area contributed by atoms with Crippen LogP contribution in [-0.4, -0.2) is 20.0 Å². The van der Waals surface area contributed by atoms with Crippen LogP contribution >= 0.6 is 12.2 Å². The summed E-state index contributed by atoms with van der Waals surface area (Å²) in [6.07, 6.45) is 3.17. The first-order chi connectivity index (χ1) is 9.47. The van der Waals surface area contributed by atoms with E-state index in [0.29, 0.717) is 10.7 Å². The Bertz CT molecular complexity index is 700. The molecule has 1 amide bonds. The van der Waals surface area contributed by atoms with E-state index in [9.17, 15) is 9.59 Å². The van der Waals surface area contributed by atoms with E-state index in [4.69, 9.17) is 18.0 Å². The van der Waals surface area contributed by atoms with Crippen LogP contribution < -0.4 is 16.7 Å². The molecule has 7 heteroatoms. The SMILES string of the molecule is Cn1ccn(CC(=O)Nc2ccc(C(N)=S)cc2)c1=O. The van der Waals surface area contributed by atoms with Crippen LogP contribution in [0.1, 0.15) is 5.56 Å². The third-order valence-electron chi connectivity index (χ3n) is 2.78. The molecule has 6 nitrogen and oxygen atoms in total. The molecule has 1 aromatic carbocycles. The van der Waals surface area contributed by atoms with Crippen molar-refractivity contribution < 1.29 is 4.79 Å². The molecule has 1 aromatic heterocycles. The molecule has 0 fully saturated rings. The van der Waals surface area contributed by atoms with Crippen molar-refractivity contribution >= 4 is 28.8 Å². The fraction of sp³-hybridized carbons (Fsp3) is 0.154. The third-order valence-corrected chi connectivity index (χ3v) is 3.02. The molecule has 0 aliphatic rings. The summed E-state index contributed by atoms with van der Waals surface area (Å²) in [4.78, 5) is 23.7. The number of rotatable bonds is 4. The van der Waals surface area contributed by atoms with Crippen LogP contribution in [0.25, 0.3) is 0 Å². The van der Waals surface area contributed by atoms with Gasteiger partial charge in [-0.2, -0.15) is 0 Å². The molecule has 0 unspecified atom stereocenters. The predicted octanol–water partition coefficient (Wildman–Crippen LogP) is 0.460. The third kappa shape index (κ3) is 3.12. The minimum atomic E-state index is -0.277. The maximum absolute atomic E-state index is 11.8. The summed E-state index contributed by atoms with van der Waals surface area (Å²) in [6.45, 7) is -0.0310. The van der Waals surface area contributed by atoms with Crippen molar-refractivity contribution in [1.82, 2.24) is 9.13 Å². The van der Waals surface area contributed by atoms with Crippen molar-refractivity contribution in [2.75, 3.05) is 5.32 Å². The molecular formula is C13H14N4O2S. The van der Waals surface area contributed by atoms with Gasteiger partial charge in [-0.25, -0.2) is 4.79 Å². The topological polar surface area (TPSA) is 82.1 Å². The number of carbonyl (C=O) groups excluding carboxylic acids is 1. The molecule has 0 saturated heterocycles. The van der Waals surface area contributed by atoms with Crippen molar-refractivity contribution in [3.05, 3.63) is 52.7 Å². The zero-order valence-electron chi connectivity index (χ0n) is 10.9. The lowest BCUT2D eigenvalue weighted by Crippen LogP contribution is -2.28. The smallest absolute Gasteiger partial charge is 0.328 e. The van der Waals surface area contributed by atoms with Gasteiger partial charge in [-0.15, -0.1) is 0 Å². The second-order valence-corrected chi connectivity index (χ2v) is 4.75. The number of imidazole rings is 1. The van der Waals surface area contributed by atoms with Gasteiger partial charge in [0.25, 0.3) is 0 Å². The zero-order chi connectivity index (χ0) is 14.7. The number of aromatic nitrogens is 2. The summed E-state index contributed by atoms with van der Waals surface area (Å²) < 4.78 is 2.74. The van der Waals surface area contributed by atoms with Crippen LogP contribution in [0.2, 0.25) is 0 Å². The maximum Gasteiger partial charge on any atom is 0.328 e. The largest absolute Gasteiger partial charge is 0.389 e. The Kier molecular flexibility index (Phi) is 3.99. The molecule has 0 aliphatic carbocycles. The highest BCUT2D eigenvalue weighted by molar-refractivity contribution is 7.80. The molecule has 20 heavy (non-hydrogen) atoms. The summed E-state index contributed by atoms with van der Waals surface area (Å²) in [5.74, 6) is -0.277. The van der Waals surface area contributed by atoms with Gasteiger partial charge in [0.15, 0.2) is 0 Å². The van der Waals surface area contributed by atoms with Crippen molar-refractivity contribution in [2.24, 2.45) is 12.8 Å². The molecule has 0 radical (unpaired) electrons. The van der Waals surface area contributed by atoms with Crippen LogP contribution in [0.15, 0.2) is 41.5 Å². The summed E-state index contributed by atoms with van der Waals surface area (Å²) in [7, 11) is 1.63. The molecule has 0 spiro atoms. The minimum Gasteiger partial charge on any atom is -0.389 e. The van der Waals surface area contributed by atoms with Crippen molar-refractivity contribution in [3.8, 4) is 0 Å². The number of hydrogen-bond donors (Lipinski definition) is 2. The first-order valence-electron chi connectivity index (χ1n) is 5.89. The van der Waals surface area contributed by atoms with E-state index in [1.54, 1.807) is 43.7 Å². The highest BCUT2D eigenvalue weighted by Gasteiger charge is 2.07. The van der Waals surface area contributed by atoms with Crippen LogP contribution in [0, 0.1) is 0 Å². The average molecular weight is 290 g/mol. The molecular weight excluding hydrogens is 276 g/mol. The number of carbonyl (C=O) groups is 1. The van der Waals surface area contributed by atoms with Gasteiger partial charge in [0.1, 0.15) is 11.5 Å². The van der Waals surface area contributed by atoms with Crippen molar-refractivity contribution in [3.63, 3.8) is 0 Å². The van der Waals surface area contributed by atoms with Crippen LogP contribution in [0.3, 0.4) is 0 Å². The Hall–Kier alpha value is -2.41. The van der Waals surface area contributed by atoms with E-state index < -0.39 is 0 Å². The minimum absolute atomic E-state index is 0.0310. The Labute approximate surface area is 120 Å². The monoisotopic (exact) mass is 290 g/mol. The number of thiocarbonyl (C=S) groups is 1. The van der Waals surface area contributed by atoms with Crippen LogP contribution in [0.4, 0.5) is 5.69 Å². The zero-order valence-corrected chi connectivity index (χ0v) is 11.7. The first-order valence-corrected chi connectivity index (χ1v) is 6.29. The van der Waals surface area contributed by atoms with E-state index in [-0.39, 0.29) is 18.1 Å². The normalized spacial score (nSPS) is 10.2. The number of nitrogens with zero attached hydrogens (tertiary/aromatic N) is 2. The molecule has 0 saturated carbocycles. The van der Waals surface area contributed by atoms with Gasteiger partial charge < -0.3 is 15.6 Å². The van der Waals surface area contributed by atoms with Gasteiger partial charge in [0, 0.05) is 30.7 Å². The number of nitrogens with one attached hydrogen (secondary N) is 1. The van der Waals surface area contributed by atoms with E-state index in [1.807, 2.05) is 0 Å². The van der Waals surface area contributed by atoms with Gasteiger partial charge in [-0.05, 0) is 24.3 Å². The lowest BCUT2D eigenvalue weighted by molar-refractivity contribution is -0.116. The standard InChI is InChI=1S/C13H14N4O2S/c1-16-6-7-17(13(16)19)8-11(18)15-10-4-2-9(3-5-10)12(14)20/h2-7H,8H2,1H3,(H2,14,20)(H,15,18). The molecule has 0 aliphatic heterocycles. The van der Waals surface area contributed by atoms with Crippen LogP contribution in [0.5, 0.6) is 0 Å². The molecule has 3 N–H and O–H groups in total. The fourth-order valence-corrected chi connectivity index (χ4v) is 1.84. The lowest BCUT2D eigenvalue weighted by Gasteiger charge is -2.06. The van der Waals surface area contributed by atoms with E-state index in [0.717, 1.165) is 5.56 Å². The second kappa shape index (κ2) is 5.70. The van der Waals surface area contributed by atoms with Gasteiger partial charge in [-0.1, -0.05) is 12.2 Å². The van der Waals surface area contributed by atoms with E-state index in [2.05, 4.69) is 5.32 Å². The van der Waals surface area contributed by atoms with Gasteiger partial charge in [-0.3, -0.25) is 9.36 Å². The number of amides is 1. The molecule has 0 atom stereocenters. The molecule has 104 valence electrons. The first kappa shape index (κ1) is 14.0. The molecule has 0 bridgehead atoms. The van der Waals surface area contributed by atoms with Gasteiger partial charge in [0.05, 0.1) is 0 Å². The molecule has 1 heterocycles. The number of nitrogens with two attached hydrogens (primary N) is 1. The number of aryl methyl sites for hydroxylation is 1. The Morgan fingerprint density at radius 2 is 1.95 bits per heavy atom. The predicted molar refractivity (Wildman–Crippen MR) is 80.6 cm³/mol. The van der Waals surface area contributed by atoms with E-state index >= 15 is 0 Å². The van der Waals surface area contributed by atoms with Gasteiger partial charge >= 0.3 is 5.69 Å². The molecule has 2 aromatic rings. The van der Waals surface area contributed by atoms with E-state index in [1.165, 1.54) is 9.13 Å². The van der Waals surface area contributed by atoms with Crippen molar-refractivity contribution in [1.29, 1.82) is 0 Å². The summed E-state index contributed by atoms with van der Waals surface area (Å²) in [5, 5.41) is 2.70. The summed E-state index contributed by atoms with van der Waals surface area (Å²) >= 11 is 4.85. The number of benzene rings is 1. The quantitative estimate of drug-likeness (QED) is 0.802. The number of anilines is 1. The highest BCUT2D eigenvalue weighted by Crippen LogP contribution is 2.09. The average Bonchev–Trinajstić information content (AvgIpc) is 2.71.